The van der Waals surface area contributed by atoms with Gasteiger partial charge in [-0.25, -0.2) is 19.3 Å². The van der Waals surface area contributed by atoms with Crippen molar-refractivity contribution in [2.75, 3.05) is 19.5 Å². The van der Waals surface area contributed by atoms with Gasteiger partial charge in [-0.15, -0.1) is 0 Å². The van der Waals surface area contributed by atoms with E-state index in [1.807, 2.05) is 6.92 Å². The van der Waals surface area contributed by atoms with Gasteiger partial charge in [0, 0.05) is 11.5 Å². The number of aromatic amines is 1. The number of H-pyrrole nitrogens is 1. The van der Waals surface area contributed by atoms with Crippen LogP contribution < -0.4 is 20.3 Å². The Hall–Kier alpha value is -3.75. The van der Waals surface area contributed by atoms with E-state index in [2.05, 4.69) is 25.3 Å². The molecule has 0 aliphatic carbocycles. The van der Waals surface area contributed by atoms with Crippen molar-refractivity contribution < 1.29 is 13.9 Å². The van der Waals surface area contributed by atoms with Gasteiger partial charge in [0.25, 0.3) is 5.56 Å². The summed E-state index contributed by atoms with van der Waals surface area (Å²) in [6.45, 7) is 1.82. The van der Waals surface area contributed by atoms with Crippen LogP contribution in [-0.4, -0.2) is 34.2 Å². The number of fused-ring (bicyclic) bond motifs is 2. The number of hydrogen-bond donors (Lipinski definition) is 2. The van der Waals surface area contributed by atoms with Gasteiger partial charge in [0.15, 0.2) is 11.5 Å². The predicted octanol–water partition coefficient (Wildman–Crippen LogP) is 3.07. The van der Waals surface area contributed by atoms with Crippen LogP contribution in [0.2, 0.25) is 0 Å². The first-order valence-electron chi connectivity index (χ1n) is 8.36. The SMILES string of the molecule is COc1cc2nc(Nc3nc4c(F)cccc4c(=O)[nH]3)nc(C)c2cc1OC. The molecule has 0 saturated carbocycles. The van der Waals surface area contributed by atoms with Crippen LogP contribution >= 0.6 is 0 Å². The number of rotatable bonds is 4. The van der Waals surface area contributed by atoms with Gasteiger partial charge in [0.1, 0.15) is 11.3 Å². The summed E-state index contributed by atoms with van der Waals surface area (Å²) in [5.74, 6) is 0.758. The molecule has 142 valence electrons. The zero-order valence-corrected chi connectivity index (χ0v) is 15.3. The first kappa shape index (κ1) is 17.7. The average Bonchev–Trinajstić information content (AvgIpc) is 2.68. The molecule has 0 spiro atoms. The highest BCUT2D eigenvalue weighted by atomic mass is 19.1. The molecule has 9 heteroatoms. The van der Waals surface area contributed by atoms with Crippen LogP contribution in [0.3, 0.4) is 0 Å². The van der Waals surface area contributed by atoms with Crippen molar-refractivity contribution >= 4 is 33.7 Å². The number of aryl methyl sites for hydroxylation is 1. The molecule has 28 heavy (non-hydrogen) atoms. The number of nitrogens with zero attached hydrogens (tertiary/aromatic N) is 3. The first-order valence-corrected chi connectivity index (χ1v) is 8.36. The monoisotopic (exact) mass is 381 g/mol. The lowest BCUT2D eigenvalue weighted by atomic mass is 10.1. The van der Waals surface area contributed by atoms with Crippen molar-refractivity contribution in [2.45, 2.75) is 6.92 Å². The van der Waals surface area contributed by atoms with Crippen molar-refractivity contribution in [1.29, 1.82) is 0 Å². The number of ether oxygens (including phenoxy) is 2. The van der Waals surface area contributed by atoms with Crippen molar-refractivity contribution in [3.05, 3.63) is 52.2 Å². The Kier molecular flexibility index (Phi) is 4.26. The molecule has 0 atom stereocenters. The van der Waals surface area contributed by atoms with E-state index in [1.165, 1.54) is 25.3 Å². The van der Waals surface area contributed by atoms with E-state index < -0.39 is 11.4 Å². The van der Waals surface area contributed by atoms with Gasteiger partial charge in [-0.05, 0) is 25.1 Å². The van der Waals surface area contributed by atoms with E-state index in [0.29, 0.717) is 22.7 Å². The largest absolute Gasteiger partial charge is 0.493 e. The smallest absolute Gasteiger partial charge is 0.260 e. The molecule has 0 unspecified atom stereocenters. The molecule has 2 aromatic heterocycles. The fourth-order valence-corrected chi connectivity index (χ4v) is 2.96. The van der Waals surface area contributed by atoms with Gasteiger partial charge < -0.3 is 9.47 Å². The first-order chi connectivity index (χ1) is 13.5. The third-order valence-electron chi connectivity index (χ3n) is 4.31. The maximum atomic E-state index is 14.0. The Morgan fingerprint density at radius 3 is 2.54 bits per heavy atom. The Morgan fingerprint density at radius 2 is 1.79 bits per heavy atom. The molecule has 0 saturated heterocycles. The summed E-state index contributed by atoms with van der Waals surface area (Å²) in [6.07, 6.45) is 0. The molecule has 0 fully saturated rings. The molecule has 4 aromatic rings. The van der Waals surface area contributed by atoms with Crippen LogP contribution in [0.5, 0.6) is 11.5 Å². The van der Waals surface area contributed by atoms with Gasteiger partial charge in [-0.1, -0.05) is 6.07 Å². The quantitative estimate of drug-likeness (QED) is 0.560. The van der Waals surface area contributed by atoms with E-state index in [0.717, 1.165) is 5.39 Å². The van der Waals surface area contributed by atoms with Gasteiger partial charge in [0.05, 0.1) is 30.8 Å². The van der Waals surface area contributed by atoms with Gasteiger partial charge in [0.2, 0.25) is 11.9 Å². The minimum Gasteiger partial charge on any atom is -0.493 e. The lowest BCUT2D eigenvalue weighted by Crippen LogP contribution is -2.13. The summed E-state index contributed by atoms with van der Waals surface area (Å²) in [5.41, 5.74) is 0.804. The number of hydrogen-bond acceptors (Lipinski definition) is 7. The number of halogens is 1. The lowest BCUT2D eigenvalue weighted by Gasteiger charge is -2.11. The highest BCUT2D eigenvalue weighted by Gasteiger charge is 2.13. The second-order valence-corrected chi connectivity index (χ2v) is 6.03. The number of para-hydroxylation sites is 1. The molecule has 0 radical (unpaired) electrons. The summed E-state index contributed by atoms with van der Waals surface area (Å²) in [7, 11) is 3.09. The van der Waals surface area contributed by atoms with Crippen LogP contribution in [0.15, 0.2) is 35.1 Å². The number of aromatic nitrogens is 4. The van der Waals surface area contributed by atoms with Gasteiger partial charge in [-0.3, -0.25) is 15.1 Å². The van der Waals surface area contributed by atoms with Crippen molar-refractivity contribution in [2.24, 2.45) is 0 Å². The Balaban J connectivity index is 1.81. The minimum atomic E-state index is -0.584. The topological polar surface area (TPSA) is 102 Å². The summed E-state index contributed by atoms with van der Waals surface area (Å²) in [4.78, 5) is 27.7. The number of benzene rings is 2. The lowest BCUT2D eigenvalue weighted by molar-refractivity contribution is 0.355. The summed E-state index contributed by atoms with van der Waals surface area (Å²) < 4.78 is 24.6. The van der Waals surface area contributed by atoms with Crippen molar-refractivity contribution in [3.8, 4) is 11.5 Å². The molecule has 0 amide bonds. The van der Waals surface area contributed by atoms with Crippen LogP contribution in [0, 0.1) is 12.7 Å². The van der Waals surface area contributed by atoms with E-state index in [-0.39, 0.29) is 22.8 Å². The molecular formula is C19H16FN5O3. The van der Waals surface area contributed by atoms with Crippen LogP contribution in [0.1, 0.15) is 5.69 Å². The Morgan fingerprint density at radius 1 is 1.04 bits per heavy atom. The van der Waals surface area contributed by atoms with Gasteiger partial charge >= 0.3 is 0 Å². The van der Waals surface area contributed by atoms with E-state index in [4.69, 9.17) is 9.47 Å². The summed E-state index contributed by atoms with van der Waals surface area (Å²) in [5, 5.41) is 3.79. The second kappa shape index (κ2) is 6.76. The summed E-state index contributed by atoms with van der Waals surface area (Å²) >= 11 is 0. The second-order valence-electron chi connectivity index (χ2n) is 6.03. The molecule has 0 bridgehead atoms. The normalized spacial score (nSPS) is 11.0. The molecule has 4 rings (SSSR count). The van der Waals surface area contributed by atoms with Crippen LogP contribution in [0.25, 0.3) is 21.8 Å². The number of methoxy groups -OCH3 is 2. The zero-order chi connectivity index (χ0) is 19.8. The minimum absolute atomic E-state index is 0.0299. The summed E-state index contributed by atoms with van der Waals surface area (Å²) in [6, 6.07) is 7.72. The van der Waals surface area contributed by atoms with Crippen LogP contribution in [0.4, 0.5) is 16.3 Å². The fraction of sp³-hybridized carbons (Fsp3) is 0.158. The third-order valence-corrected chi connectivity index (χ3v) is 4.31. The average molecular weight is 381 g/mol. The van der Waals surface area contributed by atoms with E-state index >= 15 is 0 Å². The predicted molar refractivity (Wildman–Crippen MR) is 103 cm³/mol. The molecule has 2 N–H and O–H groups in total. The van der Waals surface area contributed by atoms with Crippen molar-refractivity contribution in [3.63, 3.8) is 0 Å². The molecule has 2 heterocycles. The van der Waals surface area contributed by atoms with Gasteiger partial charge in [-0.2, -0.15) is 0 Å². The molecule has 2 aromatic carbocycles. The maximum absolute atomic E-state index is 14.0. The molecular weight excluding hydrogens is 365 g/mol. The molecule has 8 nitrogen and oxygen atoms in total. The standard InChI is InChI=1S/C19H16FN5O3/c1-9-11-7-14(27-2)15(28-3)8-13(11)22-18(21-9)25-19-23-16-10(17(26)24-19)5-4-6-12(16)20/h4-8H,1-3H3,(H2,21,22,23,24,25,26). The highest BCUT2D eigenvalue weighted by molar-refractivity contribution is 5.86. The molecule has 0 aliphatic rings. The fourth-order valence-electron chi connectivity index (χ4n) is 2.96. The third kappa shape index (κ3) is 2.96. The zero-order valence-electron chi connectivity index (χ0n) is 15.3. The van der Waals surface area contributed by atoms with E-state index in [9.17, 15) is 9.18 Å². The van der Waals surface area contributed by atoms with E-state index in [1.54, 1.807) is 19.2 Å². The maximum Gasteiger partial charge on any atom is 0.260 e. The van der Waals surface area contributed by atoms with Crippen LogP contribution in [-0.2, 0) is 0 Å². The Bertz CT molecular complexity index is 1270. The Labute approximate surface area is 158 Å². The van der Waals surface area contributed by atoms with Crippen molar-refractivity contribution in [1.82, 2.24) is 19.9 Å². The number of anilines is 2. The highest BCUT2D eigenvalue weighted by Crippen LogP contribution is 2.32. The number of nitrogens with one attached hydrogen (secondary N) is 2. The molecule has 0 aliphatic heterocycles.